The van der Waals surface area contributed by atoms with Gasteiger partial charge in [-0.2, -0.15) is 0 Å². The van der Waals surface area contributed by atoms with E-state index in [9.17, 15) is 0 Å². The summed E-state index contributed by atoms with van der Waals surface area (Å²) in [7, 11) is 0. The topological polar surface area (TPSA) is 26.0 Å². The summed E-state index contributed by atoms with van der Waals surface area (Å²) in [5.41, 5.74) is 7.75. The lowest BCUT2D eigenvalue weighted by atomic mass is 9.75. The van der Waals surface area contributed by atoms with Gasteiger partial charge in [-0.05, 0) is 65.0 Å². The summed E-state index contributed by atoms with van der Waals surface area (Å²) < 4.78 is 1.29. The van der Waals surface area contributed by atoms with Crippen LogP contribution in [-0.4, -0.2) is 0 Å². The second-order valence-corrected chi connectivity index (χ2v) is 6.52. The van der Waals surface area contributed by atoms with E-state index in [0.29, 0.717) is 5.92 Å². The van der Waals surface area contributed by atoms with Gasteiger partial charge in [0.05, 0.1) is 0 Å². The molecule has 0 aliphatic heterocycles. The van der Waals surface area contributed by atoms with Crippen molar-refractivity contribution in [3.8, 4) is 0 Å². The van der Waals surface area contributed by atoms with E-state index < -0.39 is 0 Å². The lowest BCUT2D eigenvalue weighted by Crippen LogP contribution is -2.26. The molecule has 3 unspecified atom stereocenters. The standard InChI is InChI=1S/C15H22IN/c1-2-11-4-3-5-13(10-11)15(17)12-6-8-14(16)9-7-12/h6-9,11,13,15H,2-5,10,17H2,1H3. The molecule has 1 aliphatic rings. The predicted octanol–water partition coefficient (Wildman–Crippen LogP) is 4.51. The molecule has 1 aromatic carbocycles. The van der Waals surface area contributed by atoms with Crippen LogP contribution in [-0.2, 0) is 0 Å². The van der Waals surface area contributed by atoms with Crippen molar-refractivity contribution in [3.05, 3.63) is 33.4 Å². The molecule has 0 bridgehead atoms. The van der Waals surface area contributed by atoms with Crippen LogP contribution in [0.15, 0.2) is 24.3 Å². The van der Waals surface area contributed by atoms with Crippen LogP contribution in [0.1, 0.15) is 50.6 Å². The molecular formula is C15H22IN. The lowest BCUT2D eigenvalue weighted by Gasteiger charge is -2.32. The highest BCUT2D eigenvalue weighted by Crippen LogP contribution is 2.37. The Morgan fingerprint density at radius 3 is 2.65 bits per heavy atom. The Morgan fingerprint density at radius 2 is 2.00 bits per heavy atom. The van der Waals surface area contributed by atoms with Gasteiger partial charge in [0.2, 0.25) is 0 Å². The van der Waals surface area contributed by atoms with Gasteiger partial charge >= 0.3 is 0 Å². The molecule has 3 atom stereocenters. The summed E-state index contributed by atoms with van der Waals surface area (Å²) in [5, 5.41) is 0. The summed E-state index contributed by atoms with van der Waals surface area (Å²) >= 11 is 2.34. The first-order chi connectivity index (χ1) is 8.20. The van der Waals surface area contributed by atoms with Gasteiger partial charge in [0.15, 0.2) is 0 Å². The van der Waals surface area contributed by atoms with Crippen molar-refractivity contribution >= 4 is 22.6 Å². The van der Waals surface area contributed by atoms with Gasteiger partial charge in [0.25, 0.3) is 0 Å². The molecule has 0 saturated heterocycles. The SMILES string of the molecule is CCC1CCCC(C(N)c2ccc(I)cc2)C1. The molecule has 2 N–H and O–H groups in total. The first kappa shape index (κ1) is 13.3. The van der Waals surface area contributed by atoms with Gasteiger partial charge in [-0.25, -0.2) is 0 Å². The summed E-state index contributed by atoms with van der Waals surface area (Å²) in [5.74, 6) is 1.59. The molecule has 0 radical (unpaired) electrons. The largest absolute Gasteiger partial charge is 0.324 e. The van der Waals surface area contributed by atoms with Gasteiger partial charge in [-0.3, -0.25) is 0 Å². The first-order valence-corrected chi connectivity index (χ1v) is 7.79. The lowest BCUT2D eigenvalue weighted by molar-refractivity contribution is 0.230. The fourth-order valence-electron chi connectivity index (χ4n) is 2.99. The van der Waals surface area contributed by atoms with Crippen molar-refractivity contribution in [1.29, 1.82) is 0 Å². The van der Waals surface area contributed by atoms with Crippen LogP contribution in [0, 0.1) is 15.4 Å². The number of hydrogen-bond donors (Lipinski definition) is 1. The Kier molecular flexibility index (Phi) is 4.86. The minimum absolute atomic E-state index is 0.237. The van der Waals surface area contributed by atoms with Gasteiger partial charge in [-0.15, -0.1) is 0 Å². The smallest absolute Gasteiger partial charge is 0.0323 e. The van der Waals surface area contributed by atoms with Crippen LogP contribution in [0.5, 0.6) is 0 Å². The summed E-state index contributed by atoms with van der Waals surface area (Å²) in [6, 6.07) is 8.96. The number of benzene rings is 1. The van der Waals surface area contributed by atoms with Crippen LogP contribution in [0.3, 0.4) is 0 Å². The fraction of sp³-hybridized carbons (Fsp3) is 0.600. The Balaban J connectivity index is 2.03. The van der Waals surface area contributed by atoms with Crippen molar-refractivity contribution in [2.24, 2.45) is 17.6 Å². The second kappa shape index (κ2) is 6.19. The van der Waals surface area contributed by atoms with Crippen molar-refractivity contribution < 1.29 is 0 Å². The average molecular weight is 343 g/mol. The summed E-state index contributed by atoms with van der Waals surface area (Å²) in [6.45, 7) is 2.31. The van der Waals surface area contributed by atoms with Gasteiger partial charge in [-0.1, -0.05) is 38.3 Å². The minimum atomic E-state index is 0.237. The van der Waals surface area contributed by atoms with Crippen molar-refractivity contribution in [2.75, 3.05) is 0 Å². The molecule has 0 amide bonds. The second-order valence-electron chi connectivity index (χ2n) is 5.28. The summed E-state index contributed by atoms with van der Waals surface area (Å²) in [4.78, 5) is 0. The maximum Gasteiger partial charge on any atom is 0.0323 e. The summed E-state index contributed by atoms with van der Waals surface area (Å²) in [6.07, 6.45) is 6.72. The van der Waals surface area contributed by atoms with E-state index in [0.717, 1.165) is 5.92 Å². The van der Waals surface area contributed by atoms with Gasteiger partial charge < -0.3 is 5.73 Å². The first-order valence-electron chi connectivity index (χ1n) is 6.71. The third-order valence-corrected chi connectivity index (χ3v) is 4.88. The highest BCUT2D eigenvalue weighted by atomic mass is 127. The zero-order valence-electron chi connectivity index (χ0n) is 10.5. The Morgan fingerprint density at radius 1 is 1.29 bits per heavy atom. The number of nitrogens with two attached hydrogens (primary N) is 1. The number of rotatable bonds is 3. The molecule has 1 saturated carbocycles. The van der Waals surface area contributed by atoms with Crippen LogP contribution in [0.2, 0.25) is 0 Å². The van der Waals surface area contributed by atoms with E-state index in [4.69, 9.17) is 5.73 Å². The molecule has 0 aromatic heterocycles. The van der Waals surface area contributed by atoms with E-state index in [-0.39, 0.29) is 6.04 Å². The van der Waals surface area contributed by atoms with E-state index in [1.165, 1.54) is 41.2 Å². The van der Waals surface area contributed by atoms with Crippen molar-refractivity contribution in [3.63, 3.8) is 0 Å². The average Bonchev–Trinajstić information content (AvgIpc) is 2.39. The molecule has 2 heteroatoms. The highest BCUT2D eigenvalue weighted by molar-refractivity contribution is 14.1. The maximum absolute atomic E-state index is 6.43. The molecule has 0 heterocycles. The molecular weight excluding hydrogens is 321 g/mol. The number of halogens is 1. The van der Waals surface area contributed by atoms with Crippen LogP contribution in [0.25, 0.3) is 0 Å². The Hall–Kier alpha value is -0.0900. The van der Waals surface area contributed by atoms with Crippen molar-refractivity contribution in [1.82, 2.24) is 0 Å². The van der Waals surface area contributed by atoms with Crippen LogP contribution < -0.4 is 5.73 Å². The monoisotopic (exact) mass is 343 g/mol. The van der Waals surface area contributed by atoms with Crippen LogP contribution >= 0.6 is 22.6 Å². The normalized spacial score (nSPS) is 26.8. The predicted molar refractivity (Wildman–Crippen MR) is 81.8 cm³/mol. The zero-order chi connectivity index (χ0) is 12.3. The van der Waals surface area contributed by atoms with E-state index in [2.05, 4.69) is 53.8 Å². The molecule has 0 spiro atoms. The third-order valence-electron chi connectivity index (χ3n) is 4.16. The van der Waals surface area contributed by atoms with E-state index in [1.807, 2.05) is 0 Å². The van der Waals surface area contributed by atoms with E-state index in [1.54, 1.807) is 0 Å². The highest BCUT2D eigenvalue weighted by Gasteiger charge is 2.26. The fourth-order valence-corrected chi connectivity index (χ4v) is 3.35. The minimum Gasteiger partial charge on any atom is -0.324 e. The Labute approximate surface area is 118 Å². The molecule has 2 rings (SSSR count). The zero-order valence-corrected chi connectivity index (χ0v) is 12.7. The van der Waals surface area contributed by atoms with Crippen molar-refractivity contribution in [2.45, 2.75) is 45.1 Å². The van der Waals surface area contributed by atoms with Crippen LogP contribution in [0.4, 0.5) is 0 Å². The van der Waals surface area contributed by atoms with Gasteiger partial charge in [0.1, 0.15) is 0 Å². The molecule has 94 valence electrons. The quantitative estimate of drug-likeness (QED) is 0.803. The molecule has 1 aliphatic carbocycles. The Bertz CT molecular complexity index is 346. The van der Waals surface area contributed by atoms with E-state index >= 15 is 0 Å². The molecule has 17 heavy (non-hydrogen) atoms. The molecule has 1 nitrogen and oxygen atoms in total. The third kappa shape index (κ3) is 3.44. The number of hydrogen-bond acceptors (Lipinski definition) is 1. The maximum atomic E-state index is 6.43. The molecule has 1 fully saturated rings. The van der Waals surface area contributed by atoms with Gasteiger partial charge in [0, 0.05) is 9.61 Å². The molecule has 1 aromatic rings.